The molecule has 0 radical (unpaired) electrons. The maximum absolute atomic E-state index is 12.3. The molecule has 1 saturated carbocycles. The van der Waals surface area contributed by atoms with E-state index < -0.39 is 5.56 Å². The number of H-pyrrole nitrogens is 1. The quantitative estimate of drug-likeness (QED) is 0.799. The van der Waals surface area contributed by atoms with E-state index in [0.717, 1.165) is 25.7 Å². The first-order valence-electron chi connectivity index (χ1n) is 6.96. The van der Waals surface area contributed by atoms with Gasteiger partial charge in [0.15, 0.2) is 0 Å². The number of carbonyl (C=O) groups is 1. The Morgan fingerprint density at radius 3 is 2.47 bits per heavy atom. The number of aromatic nitrogens is 2. The van der Waals surface area contributed by atoms with Gasteiger partial charge in [0.2, 0.25) is 0 Å². The summed E-state index contributed by atoms with van der Waals surface area (Å²) in [7, 11) is 0. The van der Waals surface area contributed by atoms with Gasteiger partial charge >= 0.3 is 0 Å². The molecule has 0 unspecified atom stereocenters. The van der Waals surface area contributed by atoms with E-state index in [4.69, 9.17) is 0 Å². The first-order valence-corrected chi connectivity index (χ1v) is 6.96. The molecule has 1 aromatic rings. The van der Waals surface area contributed by atoms with Crippen molar-refractivity contribution in [2.45, 2.75) is 58.4 Å². The van der Waals surface area contributed by atoms with Gasteiger partial charge in [0.05, 0.1) is 5.69 Å². The molecule has 0 bridgehead atoms. The Morgan fingerprint density at radius 2 is 1.84 bits per heavy atom. The summed E-state index contributed by atoms with van der Waals surface area (Å²) in [4.78, 5) is 24.0. The Labute approximate surface area is 112 Å². The number of hydrogen-bond donors (Lipinski definition) is 2. The fourth-order valence-electron chi connectivity index (χ4n) is 2.58. The third-order valence-electron chi connectivity index (χ3n) is 3.89. The summed E-state index contributed by atoms with van der Waals surface area (Å²) in [5.41, 5.74) is 1.14. The highest BCUT2D eigenvalue weighted by Gasteiger charge is 2.20. The van der Waals surface area contributed by atoms with Gasteiger partial charge in [-0.15, -0.1) is 0 Å². The number of amides is 1. The largest absolute Gasteiger partial charge is 0.349 e. The van der Waals surface area contributed by atoms with E-state index >= 15 is 0 Å². The molecule has 1 aliphatic carbocycles. The molecule has 5 nitrogen and oxygen atoms in total. The minimum atomic E-state index is -0.408. The van der Waals surface area contributed by atoms with Crippen LogP contribution in [-0.4, -0.2) is 22.1 Å². The van der Waals surface area contributed by atoms with Gasteiger partial charge in [-0.1, -0.05) is 25.7 Å². The molecule has 2 N–H and O–H groups in total. The summed E-state index contributed by atoms with van der Waals surface area (Å²) in [6, 6.07) is 0.197. The smallest absolute Gasteiger partial charge is 0.277 e. The fourth-order valence-corrected chi connectivity index (χ4v) is 2.58. The fraction of sp³-hybridized carbons (Fsp3) is 0.643. The topological polar surface area (TPSA) is 74.8 Å². The molecule has 1 heterocycles. The second kappa shape index (κ2) is 5.99. The van der Waals surface area contributed by atoms with Crippen LogP contribution >= 0.6 is 0 Å². The maximum Gasteiger partial charge on any atom is 0.277 e. The van der Waals surface area contributed by atoms with Gasteiger partial charge in [-0.25, -0.2) is 5.10 Å². The predicted octanol–water partition coefficient (Wildman–Crippen LogP) is 1.84. The van der Waals surface area contributed by atoms with Crippen molar-refractivity contribution in [2.24, 2.45) is 0 Å². The number of aryl methyl sites for hydroxylation is 1. The summed E-state index contributed by atoms with van der Waals surface area (Å²) >= 11 is 0. The van der Waals surface area contributed by atoms with Crippen LogP contribution in [0.25, 0.3) is 0 Å². The summed E-state index contributed by atoms with van der Waals surface area (Å²) in [6.45, 7) is 3.55. The van der Waals surface area contributed by atoms with Crippen molar-refractivity contribution in [3.63, 3.8) is 0 Å². The average molecular weight is 263 g/mol. The normalized spacial score (nSPS) is 16.9. The number of nitrogens with one attached hydrogen (secondary N) is 2. The van der Waals surface area contributed by atoms with Gasteiger partial charge in [-0.3, -0.25) is 9.59 Å². The van der Waals surface area contributed by atoms with Crippen molar-refractivity contribution in [3.8, 4) is 0 Å². The number of rotatable bonds is 2. The first kappa shape index (κ1) is 13.8. The zero-order chi connectivity index (χ0) is 13.8. The Hall–Kier alpha value is -1.65. The lowest BCUT2D eigenvalue weighted by molar-refractivity contribution is 0.0930. The molecular weight excluding hydrogens is 242 g/mol. The third-order valence-corrected chi connectivity index (χ3v) is 3.89. The molecule has 0 saturated heterocycles. The van der Waals surface area contributed by atoms with Crippen molar-refractivity contribution in [2.75, 3.05) is 0 Å². The van der Waals surface area contributed by atoms with E-state index in [2.05, 4.69) is 15.5 Å². The molecule has 1 aromatic heterocycles. The lowest BCUT2D eigenvalue weighted by atomic mass is 10.1. The summed E-state index contributed by atoms with van der Waals surface area (Å²) in [6.07, 6.45) is 6.78. The van der Waals surface area contributed by atoms with Gasteiger partial charge in [0.1, 0.15) is 5.56 Å². The van der Waals surface area contributed by atoms with E-state index in [1.165, 1.54) is 12.8 Å². The number of carbonyl (C=O) groups excluding carboxylic acids is 1. The Kier molecular flexibility index (Phi) is 4.35. The molecule has 0 atom stereocenters. The monoisotopic (exact) mass is 263 g/mol. The van der Waals surface area contributed by atoms with Crippen molar-refractivity contribution >= 4 is 5.91 Å². The first-order chi connectivity index (χ1) is 9.09. The van der Waals surface area contributed by atoms with Crippen LogP contribution in [0.4, 0.5) is 0 Å². The van der Waals surface area contributed by atoms with Gasteiger partial charge < -0.3 is 5.32 Å². The summed E-state index contributed by atoms with van der Waals surface area (Å²) in [5, 5.41) is 9.24. The van der Waals surface area contributed by atoms with Crippen LogP contribution in [0, 0.1) is 13.8 Å². The molecule has 0 aromatic carbocycles. The number of hydrogen-bond acceptors (Lipinski definition) is 3. The number of nitrogens with zero attached hydrogens (tertiary/aromatic N) is 1. The molecule has 19 heavy (non-hydrogen) atoms. The highest BCUT2D eigenvalue weighted by Crippen LogP contribution is 2.17. The minimum Gasteiger partial charge on any atom is -0.349 e. The van der Waals surface area contributed by atoms with Gasteiger partial charge in [-0.05, 0) is 32.3 Å². The summed E-state index contributed by atoms with van der Waals surface area (Å²) in [5.74, 6) is -0.267. The highest BCUT2D eigenvalue weighted by molar-refractivity contribution is 5.95. The van der Waals surface area contributed by atoms with E-state index in [1.54, 1.807) is 13.8 Å². The van der Waals surface area contributed by atoms with Crippen molar-refractivity contribution in [1.82, 2.24) is 15.5 Å². The van der Waals surface area contributed by atoms with Crippen LogP contribution < -0.4 is 10.9 Å². The molecule has 0 spiro atoms. The van der Waals surface area contributed by atoms with Crippen molar-refractivity contribution < 1.29 is 4.79 Å². The highest BCUT2D eigenvalue weighted by atomic mass is 16.2. The molecule has 5 heteroatoms. The molecular formula is C14H21N3O2. The van der Waals surface area contributed by atoms with Crippen LogP contribution in [0.5, 0.6) is 0 Å². The standard InChI is InChI=1S/C14H21N3O2/c1-9-10(2)16-17-14(19)12(9)13(18)15-11-7-5-3-4-6-8-11/h11H,3-8H2,1-2H3,(H,15,18)(H,17,19). The molecule has 0 aliphatic heterocycles. The van der Waals surface area contributed by atoms with E-state index in [0.29, 0.717) is 11.3 Å². The van der Waals surface area contributed by atoms with E-state index in [-0.39, 0.29) is 17.5 Å². The average Bonchev–Trinajstić information content (AvgIpc) is 2.63. The molecule has 1 amide bonds. The molecule has 1 fully saturated rings. The van der Waals surface area contributed by atoms with Gasteiger partial charge in [0.25, 0.3) is 11.5 Å². The Morgan fingerprint density at radius 1 is 1.21 bits per heavy atom. The van der Waals surface area contributed by atoms with Crippen LogP contribution in [-0.2, 0) is 0 Å². The summed E-state index contributed by atoms with van der Waals surface area (Å²) < 4.78 is 0. The molecule has 1 aliphatic rings. The van der Waals surface area contributed by atoms with Crippen LogP contribution in [0.3, 0.4) is 0 Å². The SMILES string of the molecule is Cc1n[nH]c(=O)c(C(=O)NC2CCCCCC2)c1C. The van der Waals surface area contributed by atoms with E-state index in [9.17, 15) is 9.59 Å². The second-order valence-electron chi connectivity index (χ2n) is 5.30. The maximum atomic E-state index is 12.3. The van der Waals surface area contributed by atoms with Crippen molar-refractivity contribution in [1.29, 1.82) is 0 Å². The van der Waals surface area contributed by atoms with Crippen LogP contribution in [0.1, 0.15) is 60.1 Å². The Bertz CT molecular complexity index is 514. The van der Waals surface area contributed by atoms with Gasteiger partial charge in [-0.2, -0.15) is 5.10 Å². The zero-order valence-electron chi connectivity index (χ0n) is 11.6. The van der Waals surface area contributed by atoms with Crippen molar-refractivity contribution in [3.05, 3.63) is 27.2 Å². The van der Waals surface area contributed by atoms with Crippen LogP contribution in [0.2, 0.25) is 0 Å². The minimum absolute atomic E-state index is 0.197. The zero-order valence-corrected chi connectivity index (χ0v) is 11.6. The molecule has 104 valence electrons. The van der Waals surface area contributed by atoms with Gasteiger partial charge in [0, 0.05) is 6.04 Å². The second-order valence-corrected chi connectivity index (χ2v) is 5.30. The van der Waals surface area contributed by atoms with Crippen LogP contribution in [0.15, 0.2) is 4.79 Å². The molecule has 2 rings (SSSR count). The van der Waals surface area contributed by atoms with E-state index in [1.807, 2.05) is 0 Å². The number of aromatic amines is 1. The lowest BCUT2D eigenvalue weighted by Gasteiger charge is -2.16. The predicted molar refractivity (Wildman–Crippen MR) is 73.3 cm³/mol. The third kappa shape index (κ3) is 3.22. The Balaban J connectivity index is 2.15. The lowest BCUT2D eigenvalue weighted by Crippen LogP contribution is -2.38.